The molecule has 5 nitrogen and oxygen atoms in total. The van der Waals surface area contributed by atoms with Crippen LogP contribution < -0.4 is 5.32 Å². The van der Waals surface area contributed by atoms with Crippen LogP contribution in [0.1, 0.15) is 6.92 Å². The van der Waals surface area contributed by atoms with Gasteiger partial charge in [0.25, 0.3) is 0 Å². The topological polar surface area (TPSA) is 78.8 Å². The summed E-state index contributed by atoms with van der Waals surface area (Å²) < 4.78 is 4.43. The Bertz CT molecular complexity index is 115. The Morgan fingerprint density at radius 2 is 2.36 bits per heavy atom. The van der Waals surface area contributed by atoms with Gasteiger partial charge in [0.15, 0.2) is 0 Å². The Hall–Kier alpha value is -0.810. The lowest BCUT2D eigenvalue weighted by molar-refractivity contribution is 0.113. The van der Waals surface area contributed by atoms with E-state index in [9.17, 15) is 4.79 Å². The van der Waals surface area contributed by atoms with Crippen molar-refractivity contribution in [3.8, 4) is 0 Å². The van der Waals surface area contributed by atoms with Gasteiger partial charge in [-0.1, -0.05) is 0 Å². The summed E-state index contributed by atoms with van der Waals surface area (Å²) >= 11 is 0. The fourth-order valence-electron chi connectivity index (χ4n) is 0.420. The number of carbonyl (C=O) groups excluding carboxylic acids is 1. The number of ether oxygens (including phenoxy) is 1. The van der Waals surface area contributed by atoms with Crippen LogP contribution in [-0.4, -0.2) is 42.2 Å². The first kappa shape index (κ1) is 10.2. The summed E-state index contributed by atoms with van der Waals surface area (Å²) in [6.45, 7) is 1.49. The van der Waals surface area contributed by atoms with Gasteiger partial charge in [-0.15, -0.1) is 0 Å². The molecule has 1 unspecified atom stereocenters. The molecule has 0 aromatic rings. The lowest BCUT2D eigenvalue weighted by Gasteiger charge is -2.06. The maximum Gasteiger partial charge on any atom is 0.407 e. The van der Waals surface area contributed by atoms with E-state index in [1.807, 2.05) is 0 Å². The lowest BCUT2D eigenvalue weighted by atomic mass is 10.4. The van der Waals surface area contributed by atoms with Crippen molar-refractivity contribution in [3.63, 3.8) is 0 Å². The molecule has 3 N–H and O–H groups in total. The summed E-state index contributed by atoms with van der Waals surface area (Å²) in [5.41, 5.74) is 0. The van der Waals surface area contributed by atoms with Crippen LogP contribution in [0.2, 0.25) is 0 Å². The molecular formula is C6H13NO4. The van der Waals surface area contributed by atoms with Crippen molar-refractivity contribution in [2.24, 2.45) is 0 Å². The highest BCUT2D eigenvalue weighted by molar-refractivity contribution is 5.67. The molecule has 1 atom stereocenters. The number of aliphatic hydroxyl groups is 2. The van der Waals surface area contributed by atoms with E-state index in [0.29, 0.717) is 0 Å². The molecule has 0 spiro atoms. The van der Waals surface area contributed by atoms with Crippen molar-refractivity contribution < 1.29 is 19.7 Å². The van der Waals surface area contributed by atoms with Crippen molar-refractivity contribution >= 4 is 6.09 Å². The number of carbonyl (C=O) groups is 1. The van der Waals surface area contributed by atoms with E-state index < -0.39 is 12.2 Å². The zero-order valence-corrected chi connectivity index (χ0v) is 6.41. The van der Waals surface area contributed by atoms with E-state index in [4.69, 9.17) is 10.2 Å². The first-order valence-corrected chi connectivity index (χ1v) is 3.36. The molecule has 0 heterocycles. The molecule has 1 amide bonds. The third kappa shape index (κ3) is 7.08. The fraction of sp³-hybridized carbons (Fsp3) is 0.833. The lowest BCUT2D eigenvalue weighted by Crippen LogP contribution is -2.31. The molecule has 0 saturated carbocycles. The molecule has 0 saturated heterocycles. The molecule has 0 fully saturated rings. The second kappa shape index (κ2) is 5.94. The minimum absolute atomic E-state index is 0.0222. The third-order valence-corrected chi connectivity index (χ3v) is 0.866. The number of alkyl carbamates (subject to hydrolysis) is 1. The Kier molecular flexibility index (Phi) is 5.50. The number of hydrogen-bond acceptors (Lipinski definition) is 4. The highest BCUT2D eigenvalue weighted by atomic mass is 16.6. The highest BCUT2D eigenvalue weighted by Gasteiger charge is 2.01. The number of hydrogen-bond donors (Lipinski definition) is 3. The van der Waals surface area contributed by atoms with Crippen molar-refractivity contribution in [2.45, 2.75) is 13.0 Å². The second-order valence-corrected chi connectivity index (χ2v) is 2.09. The van der Waals surface area contributed by atoms with Gasteiger partial charge in [-0.05, 0) is 6.92 Å². The van der Waals surface area contributed by atoms with Gasteiger partial charge in [0, 0.05) is 6.54 Å². The zero-order chi connectivity index (χ0) is 8.69. The summed E-state index contributed by atoms with van der Waals surface area (Å²) in [7, 11) is 0. The van der Waals surface area contributed by atoms with Crippen LogP contribution in [0.15, 0.2) is 0 Å². The van der Waals surface area contributed by atoms with E-state index in [-0.39, 0.29) is 19.8 Å². The Morgan fingerprint density at radius 1 is 1.73 bits per heavy atom. The molecule has 0 aliphatic rings. The quantitative estimate of drug-likeness (QED) is 0.501. The van der Waals surface area contributed by atoms with Crippen molar-refractivity contribution in [2.75, 3.05) is 19.8 Å². The SMILES string of the molecule is CC(O)CNC(=O)OCCO. The molecule has 0 rings (SSSR count). The first-order valence-electron chi connectivity index (χ1n) is 3.36. The minimum atomic E-state index is -0.625. The maximum absolute atomic E-state index is 10.6. The molecule has 5 heteroatoms. The Morgan fingerprint density at radius 3 is 2.82 bits per heavy atom. The molecule has 0 aromatic heterocycles. The Labute approximate surface area is 65.0 Å². The van der Waals surface area contributed by atoms with Crippen LogP contribution >= 0.6 is 0 Å². The van der Waals surface area contributed by atoms with E-state index in [0.717, 1.165) is 0 Å². The molecule has 0 bridgehead atoms. The maximum atomic E-state index is 10.6. The number of aliphatic hydroxyl groups excluding tert-OH is 2. The van der Waals surface area contributed by atoms with Crippen LogP contribution in [-0.2, 0) is 4.74 Å². The summed E-state index contributed by atoms with van der Waals surface area (Å²) in [5.74, 6) is 0. The smallest absolute Gasteiger partial charge is 0.407 e. The predicted molar refractivity (Wildman–Crippen MR) is 38.1 cm³/mol. The van der Waals surface area contributed by atoms with Gasteiger partial charge in [0.05, 0.1) is 12.7 Å². The molecule has 66 valence electrons. The average molecular weight is 163 g/mol. The van der Waals surface area contributed by atoms with Crippen molar-refractivity contribution in [1.29, 1.82) is 0 Å². The fourth-order valence-corrected chi connectivity index (χ4v) is 0.420. The first-order chi connectivity index (χ1) is 5.16. The summed E-state index contributed by atoms with van der Waals surface area (Å²) in [5, 5.41) is 19.2. The number of rotatable bonds is 4. The van der Waals surface area contributed by atoms with Gasteiger partial charge in [-0.2, -0.15) is 0 Å². The molecule has 0 aliphatic carbocycles. The monoisotopic (exact) mass is 163 g/mol. The van der Waals surface area contributed by atoms with Crippen LogP contribution in [0.5, 0.6) is 0 Å². The number of amides is 1. The van der Waals surface area contributed by atoms with Gasteiger partial charge < -0.3 is 20.3 Å². The Balaban J connectivity index is 3.23. The average Bonchev–Trinajstić information content (AvgIpc) is 1.97. The largest absolute Gasteiger partial charge is 0.447 e. The van der Waals surface area contributed by atoms with Crippen LogP contribution in [0.3, 0.4) is 0 Å². The van der Waals surface area contributed by atoms with Gasteiger partial charge in [-0.3, -0.25) is 0 Å². The minimum Gasteiger partial charge on any atom is -0.447 e. The van der Waals surface area contributed by atoms with E-state index >= 15 is 0 Å². The zero-order valence-electron chi connectivity index (χ0n) is 6.41. The number of nitrogens with one attached hydrogen (secondary N) is 1. The van der Waals surface area contributed by atoms with Crippen LogP contribution in [0.4, 0.5) is 4.79 Å². The standard InChI is InChI=1S/C6H13NO4/c1-5(9)4-7-6(10)11-3-2-8/h5,8-9H,2-4H2,1H3,(H,7,10). The highest BCUT2D eigenvalue weighted by Crippen LogP contribution is 1.79. The van der Waals surface area contributed by atoms with Gasteiger partial charge in [0.1, 0.15) is 6.61 Å². The van der Waals surface area contributed by atoms with Crippen LogP contribution in [0, 0.1) is 0 Å². The molecule has 0 aromatic carbocycles. The normalized spacial score (nSPS) is 12.3. The van der Waals surface area contributed by atoms with Crippen LogP contribution in [0.25, 0.3) is 0 Å². The van der Waals surface area contributed by atoms with E-state index in [2.05, 4.69) is 10.1 Å². The summed E-state index contributed by atoms with van der Waals surface area (Å²) in [6.07, 6.45) is -1.21. The van der Waals surface area contributed by atoms with Gasteiger partial charge >= 0.3 is 6.09 Å². The third-order valence-electron chi connectivity index (χ3n) is 0.866. The van der Waals surface area contributed by atoms with Gasteiger partial charge in [-0.25, -0.2) is 4.79 Å². The van der Waals surface area contributed by atoms with E-state index in [1.54, 1.807) is 6.92 Å². The van der Waals surface area contributed by atoms with Gasteiger partial charge in [0.2, 0.25) is 0 Å². The summed E-state index contributed by atoms with van der Waals surface area (Å²) in [6, 6.07) is 0. The molecule has 11 heavy (non-hydrogen) atoms. The summed E-state index contributed by atoms with van der Waals surface area (Å²) in [4.78, 5) is 10.6. The second-order valence-electron chi connectivity index (χ2n) is 2.09. The van der Waals surface area contributed by atoms with E-state index in [1.165, 1.54) is 0 Å². The molecule has 0 aliphatic heterocycles. The predicted octanol–water partition coefficient (Wildman–Crippen LogP) is -0.914. The molecular weight excluding hydrogens is 150 g/mol. The molecule has 0 radical (unpaired) electrons. The van der Waals surface area contributed by atoms with Crippen molar-refractivity contribution in [3.05, 3.63) is 0 Å². The van der Waals surface area contributed by atoms with Crippen molar-refractivity contribution in [1.82, 2.24) is 5.32 Å².